The number of carbonyl (C=O) groups excluding carboxylic acids is 1. The first-order valence-electron chi connectivity index (χ1n) is 10.4. The van der Waals surface area contributed by atoms with Crippen LogP contribution in [-0.4, -0.2) is 25.9 Å². The van der Waals surface area contributed by atoms with Crippen molar-refractivity contribution in [1.82, 2.24) is 9.71 Å². The van der Waals surface area contributed by atoms with E-state index in [0.29, 0.717) is 18.0 Å². The largest absolute Gasteiger partial charge is 0.487 e. The highest BCUT2D eigenvalue weighted by Crippen LogP contribution is 2.20. The van der Waals surface area contributed by atoms with Gasteiger partial charge >= 0.3 is 0 Å². The summed E-state index contributed by atoms with van der Waals surface area (Å²) in [6, 6.07) is 25.1. The number of amides is 1. The highest BCUT2D eigenvalue weighted by Gasteiger charge is 2.15. The van der Waals surface area contributed by atoms with Gasteiger partial charge in [0.2, 0.25) is 15.9 Å². The molecule has 0 fully saturated rings. The maximum Gasteiger partial charge on any atom is 0.240 e. The van der Waals surface area contributed by atoms with Crippen molar-refractivity contribution in [2.45, 2.75) is 17.9 Å². The number of aromatic nitrogens is 1. The molecule has 0 radical (unpaired) electrons. The lowest BCUT2D eigenvalue weighted by Gasteiger charge is -2.10. The normalized spacial score (nSPS) is 11.3. The average Bonchev–Trinajstić information content (AvgIpc) is 2.83. The molecule has 1 aromatic heterocycles. The van der Waals surface area contributed by atoms with E-state index in [0.717, 1.165) is 16.5 Å². The van der Waals surface area contributed by atoms with Gasteiger partial charge in [0.15, 0.2) is 0 Å². The van der Waals surface area contributed by atoms with Gasteiger partial charge in [0.1, 0.15) is 12.4 Å². The Balaban J connectivity index is 1.29. The lowest BCUT2D eigenvalue weighted by atomic mass is 10.1. The molecule has 8 heteroatoms. The van der Waals surface area contributed by atoms with Gasteiger partial charge in [-0.2, -0.15) is 0 Å². The van der Waals surface area contributed by atoms with Crippen molar-refractivity contribution in [3.05, 3.63) is 96.8 Å². The summed E-state index contributed by atoms with van der Waals surface area (Å²) in [6.07, 6.45) is 1.69. The zero-order chi connectivity index (χ0) is 23.1. The van der Waals surface area contributed by atoms with Crippen molar-refractivity contribution in [2.75, 3.05) is 11.9 Å². The predicted octanol–water partition coefficient (Wildman–Crippen LogP) is 4.12. The third-order valence-corrected chi connectivity index (χ3v) is 6.36. The number of sulfonamides is 1. The number of rotatable bonds is 9. The third-order valence-electron chi connectivity index (χ3n) is 4.91. The monoisotopic (exact) mass is 461 g/mol. The van der Waals surface area contributed by atoms with Crippen LogP contribution in [0.4, 0.5) is 5.69 Å². The Kier molecular flexibility index (Phi) is 6.97. The summed E-state index contributed by atoms with van der Waals surface area (Å²) in [4.78, 5) is 16.7. The van der Waals surface area contributed by atoms with Crippen LogP contribution in [0.2, 0.25) is 0 Å². The van der Waals surface area contributed by atoms with Gasteiger partial charge in [-0.1, -0.05) is 42.5 Å². The smallest absolute Gasteiger partial charge is 0.240 e. The molecule has 33 heavy (non-hydrogen) atoms. The zero-order valence-electron chi connectivity index (χ0n) is 17.8. The molecule has 2 N–H and O–H groups in total. The van der Waals surface area contributed by atoms with E-state index in [4.69, 9.17) is 4.74 Å². The lowest BCUT2D eigenvalue weighted by Crippen LogP contribution is -2.27. The van der Waals surface area contributed by atoms with E-state index >= 15 is 0 Å². The summed E-state index contributed by atoms with van der Waals surface area (Å²) in [7, 11) is -3.72. The molecular formula is C25H23N3O4S. The molecule has 168 valence electrons. The van der Waals surface area contributed by atoms with Crippen LogP contribution in [-0.2, 0) is 21.4 Å². The number of hydrogen-bond acceptors (Lipinski definition) is 5. The highest BCUT2D eigenvalue weighted by atomic mass is 32.2. The third kappa shape index (κ3) is 6.15. The molecule has 3 aromatic carbocycles. The molecule has 4 rings (SSSR count). The molecule has 0 saturated heterocycles. The lowest BCUT2D eigenvalue weighted by molar-refractivity contribution is -0.116. The van der Waals surface area contributed by atoms with Crippen LogP contribution in [0.25, 0.3) is 10.8 Å². The van der Waals surface area contributed by atoms with Crippen LogP contribution in [0.5, 0.6) is 5.75 Å². The molecule has 7 nitrogen and oxygen atoms in total. The van der Waals surface area contributed by atoms with Gasteiger partial charge in [0.25, 0.3) is 0 Å². The van der Waals surface area contributed by atoms with Crippen molar-refractivity contribution in [2.24, 2.45) is 0 Å². The first-order valence-corrected chi connectivity index (χ1v) is 11.9. The Labute approximate surface area is 192 Å². The Morgan fingerprint density at radius 3 is 2.52 bits per heavy atom. The SMILES string of the molecule is O=C(CCNS(=O)(=O)c1ccc2ccccc2c1)Nc1cccc(OCc2ccccn2)c1. The first kappa shape index (κ1) is 22.4. The number of benzene rings is 3. The van der Waals surface area contributed by atoms with Crippen molar-refractivity contribution in [1.29, 1.82) is 0 Å². The second-order valence-corrected chi connectivity index (χ2v) is 9.11. The number of fused-ring (bicyclic) bond motifs is 1. The number of pyridine rings is 1. The number of hydrogen-bond donors (Lipinski definition) is 2. The molecule has 1 heterocycles. The molecule has 0 aliphatic rings. The fraction of sp³-hybridized carbons (Fsp3) is 0.120. The van der Waals surface area contributed by atoms with Gasteiger partial charge < -0.3 is 10.1 Å². The van der Waals surface area contributed by atoms with Crippen LogP contribution >= 0.6 is 0 Å². The van der Waals surface area contributed by atoms with Crippen LogP contribution in [0.15, 0.2) is 96.0 Å². The molecule has 0 atom stereocenters. The maximum atomic E-state index is 12.6. The summed E-state index contributed by atoms with van der Waals surface area (Å²) < 4.78 is 33.4. The standard InChI is InChI=1S/C25H23N3O4S/c29-25(28-21-9-5-10-23(17-21)32-18-22-8-3-4-14-26-22)13-15-27-33(30,31)24-12-11-19-6-1-2-7-20(19)16-24/h1-12,14,16-17,27H,13,15,18H2,(H,28,29). The Hall–Kier alpha value is -3.75. The maximum absolute atomic E-state index is 12.6. The van der Waals surface area contributed by atoms with Gasteiger partial charge in [-0.05, 0) is 47.2 Å². The van der Waals surface area contributed by atoms with E-state index in [-0.39, 0.29) is 23.8 Å². The molecule has 0 unspecified atom stereocenters. The van der Waals surface area contributed by atoms with Crippen molar-refractivity contribution in [3.63, 3.8) is 0 Å². The molecular weight excluding hydrogens is 438 g/mol. The minimum Gasteiger partial charge on any atom is -0.487 e. The molecule has 0 saturated carbocycles. The molecule has 4 aromatic rings. The number of nitrogens with one attached hydrogen (secondary N) is 2. The summed E-state index contributed by atoms with van der Waals surface area (Å²) in [6.45, 7) is 0.297. The van der Waals surface area contributed by atoms with E-state index in [2.05, 4.69) is 15.0 Å². The van der Waals surface area contributed by atoms with Crippen molar-refractivity contribution < 1.29 is 17.9 Å². The molecule has 0 spiro atoms. The van der Waals surface area contributed by atoms with Gasteiger partial charge in [-0.25, -0.2) is 13.1 Å². The average molecular weight is 462 g/mol. The van der Waals surface area contributed by atoms with Gasteiger partial charge in [-0.3, -0.25) is 9.78 Å². The van der Waals surface area contributed by atoms with Crippen LogP contribution < -0.4 is 14.8 Å². The van der Waals surface area contributed by atoms with Crippen molar-refractivity contribution in [3.8, 4) is 5.75 Å². The van der Waals surface area contributed by atoms with E-state index in [1.807, 2.05) is 42.5 Å². The van der Waals surface area contributed by atoms with E-state index in [1.165, 1.54) is 0 Å². The van der Waals surface area contributed by atoms with E-state index in [9.17, 15) is 13.2 Å². The minimum absolute atomic E-state index is 0.00810. The number of ether oxygens (including phenoxy) is 1. The predicted molar refractivity (Wildman–Crippen MR) is 127 cm³/mol. The topological polar surface area (TPSA) is 97.4 Å². The fourth-order valence-electron chi connectivity index (χ4n) is 3.24. The molecule has 1 amide bonds. The fourth-order valence-corrected chi connectivity index (χ4v) is 4.31. The summed E-state index contributed by atoms with van der Waals surface area (Å²) in [5, 5.41) is 4.56. The van der Waals surface area contributed by atoms with E-state index < -0.39 is 10.0 Å². The number of carbonyl (C=O) groups is 1. The first-order chi connectivity index (χ1) is 16.0. The van der Waals surface area contributed by atoms with E-state index in [1.54, 1.807) is 48.7 Å². The summed E-state index contributed by atoms with van der Waals surface area (Å²) in [5.41, 5.74) is 1.36. The number of nitrogens with zero attached hydrogens (tertiary/aromatic N) is 1. The summed E-state index contributed by atoms with van der Waals surface area (Å²) in [5.74, 6) is 0.286. The molecule has 0 aliphatic carbocycles. The Morgan fingerprint density at radius 2 is 1.70 bits per heavy atom. The zero-order valence-corrected chi connectivity index (χ0v) is 18.6. The number of anilines is 1. The van der Waals surface area contributed by atoms with Gasteiger partial charge in [0.05, 0.1) is 10.6 Å². The van der Waals surface area contributed by atoms with Gasteiger partial charge in [-0.15, -0.1) is 0 Å². The van der Waals surface area contributed by atoms with Crippen molar-refractivity contribution >= 4 is 32.4 Å². The van der Waals surface area contributed by atoms with Gasteiger partial charge in [0, 0.05) is 30.9 Å². The molecule has 0 bridgehead atoms. The quantitative estimate of drug-likeness (QED) is 0.391. The van der Waals surface area contributed by atoms with Crippen LogP contribution in [0.1, 0.15) is 12.1 Å². The molecule has 0 aliphatic heterocycles. The highest BCUT2D eigenvalue weighted by molar-refractivity contribution is 7.89. The second-order valence-electron chi connectivity index (χ2n) is 7.34. The van der Waals surface area contributed by atoms with Crippen LogP contribution in [0, 0.1) is 0 Å². The second kappa shape index (κ2) is 10.2. The van der Waals surface area contributed by atoms with Crippen LogP contribution in [0.3, 0.4) is 0 Å². The Bertz CT molecular complexity index is 1360. The minimum atomic E-state index is -3.72. The summed E-state index contributed by atoms with van der Waals surface area (Å²) >= 11 is 0. The Morgan fingerprint density at radius 1 is 0.879 bits per heavy atom.